The zero-order chi connectivity index (χ0) is 14.6. The zero-order valence-corrected chi connectivity index (χ0v) is 13.1. The van der Waals surface area contributed by atoms with Crippen molar-refractivity contribution in [3.8, 4) is 0 Å². The van der Waals surface area contributed by atoms with Crippen LogP contribution in [0.15, 0.2) is 42.5 Å². The van der Waals surface area contributed by atoms with Crippen molar-refractivity contribution in [3.63, 3.8) is 0 Å². The molecule has 0 aromatic heterocycles. The summed E-state index contributed by atoms with van der Waals surface area (Å²) in [6.45, 7) is 7.01. The predicted molar refractivity (Wildman–Crippen MR) is 92.1 cm³/mol. The van der Waals surface area contributed by atoms with Crippen molar-refractivity contribution in [2.45, 2.75) is 39.5 Å². The molecule has 3 aromatic rings. The van der Waals surface area contributed by atoms with Crippen LogP contribution in [0.4, 0.5) is 0 Å². The lowest BCUT2D eigenvalue weighted by atomic mass is 9.75. The normalized spacial score (nSPS) is 21.7. The van der Waals surface area contributed by atoms with Gasteiger partial charge in [-0.3, -0.25) is 0 Å². The number of hydrogen-bond donors (Lipinski definition) is 0. The molecule has 21 heavy (non-hydrogen) atoms. The molecular weight excluding hydrogens is 252 g/mol. The monoisotopic (exact) mass is 274 g/mol. The first-order chi connectivity index (χ1) is 10.2. The minimum atomic E-state index is 0.666. The average Bonchev–Trinajstić information content (AvgIpc) is 2.50. The van der Waals surface area contributed by atoms with E-state index in [-0.39, 0.29) is 0 Å². The second-order valence-corrected chi connectivity index (χ2v) is 6.77. The third kappa shape index (κ3) is 1.82. The number of fused-ring (bicyclic) bond motifs is 5. The molecule has 0 saturated heterocycles. The van der Waals surface area contributed by atoms with Crippen LogP contribution in [0.1, 0.15) is 42.9 Å². The van der Waals surface area contributed by atoms with Crippen molar-refractivity contribution in [2.75, 3.05) is 0 Å². The van der Waals surface area contributed by atoms with Gasteiger partial charge < -0.3 is 0 Å². The molecule has 0 fully saturated rings. The molecule has 0 amide bonds. The average molecular weight is 274 g/mol. The fourth-order valence-corrected chi connectivity index (χ4v) is 4.07. The maximum atomic E-state index is 2.41. The number of hydrogen-bond acceptors (Lipinski definition) is 0. The molecule has 0 nitrogen and oxygen atoms in total. The summed E-state index contributed by atoms with van der Waals surface area (Å²) in [5, 5.41) is 5.70. The number of benzene rings is 3. The lowest BCUT2D eigenvalue weighted by Crippen LogP contribution is -2.16. The van der Waals surface area contributed by atoms with Crippen molar-refractivity contribution in [1.82, 2.24) is 0 Å². The summed E-state index contributed by atoms with van der Waals surface area (Å²) in [5.41, 5.74) is 4.54. The molecule has 1 aliphatic rings. The Labute approximate surface area is 126 Å². The van der Waals surface area contributed by atoms with E-state index in [0.29, 0.717) is 5.92 Å². The lowest BCUT2D eigenvalue weighted by Gasteiger charge is -2.30. The predicted octanol–water partition coefficient (Wildman–Crippen LogP) is 5.99. The SMILES string of the molecule is Cc1cccc2c1ccc1c3c(ccc12)CCC(C)C3C. The van der Waals surface area contributed by atoms with Gasteiger partial charge in [0.2, 0.25) is 0 Å². The van der Waals surface area contributed by atoms with E-state index in [9.17, 15) is 0 Å². The molecule has 0 heterocycles. The molecule has 3 aromatic carbocycles. The second-order valence-electron chi connectivity index (χ2n) is 6.77. The first-order valence-electron chi connectivity index (χ1n) is 8.10. The largest absolute Gasteiger partial charge is 0.0619 e. The maximum Gasteiger partial charge on any atom is -0.0102 e. The highest BCUT2D eigenvalue weighted by Gasteiger charge is 2.24. The van der Waals surface area contributed by atoms with Crippen molar-refractivity contribution in [2.24, 2.45) is 5.92 Å². The molecule has 4 rings (SSSR count). The van der Waals surface area contributed by atoms with Crippen molar-refractivity contribution in [3.05, 3.63) is 59.2 Å². The Morgan fingerprint density at radius 1 is 0.810 bits per heavy atom. The van der Waals surface area contributed by atoms with Crippen LogP contribution >= 0.6 is 0 Å². The molecule has 2 atom stereocenters. The standard InChI is InChI=1S/C21H22/c1-13-7-8-16-9-10-19-18-6-4-5-14(2)17(18)11-12-20(19)21(16)15(13)3/h4-6,9-13,15H,7-8H2,1-3H3. The zero-order valence-electron chi connectivity index (χ0n) is 13.1. The van der Waals surface area contributed by atoms with E-state index in [4.69, 9.17) is 0 Å². The molecule has 2 unspecified atom stereocenters. The Bertz CT molecular complexity index is 841. The molecule has 0 bridgehead atoms. The van der Waals surface area contributed by atoms with Crippen molar-refractivity contribution >= 4 is 21.5 Å². The highest BCUT2D eigenvalue weighted by molar-refractivity contribution is 6.09. The van der Waals surface area contributed by atoms with Gasteiger partial charge in [-0.1, -0.05) is 56.3 Å². The van der Waals surface area contributed by atoms with Gasteiger partial charge in [0.15, 0.2) is 0 Å². The van der Waals surface area contributed by atoms with E-state index in [1.807, 2.05) is 0 Å². The van der Waals surface area contributed by atoms with E-state index >= 15 is 0 Å². The molecular formula is C21H22. The summed E-state index contributed by atoms with van der Waals surface area (Å²) >= 11 is 0. The lowest BCUT2D eigenvalue weighted by molar-refractivity contribution is 0.429. The molecule has 0 aliphatic heterocycles. The van der Waals surface area contributed by atoms with Gasteiger partial charge in [0.05, 0.1) is 0 Å². The van der Waals surface area contributed by atoms with Crippen LogP contribution in [0, 0.1) is 12.8 Å². The minimum absolute atomic E-state index is 0.666. The third-order valence-corrected chi connectivity index (χ3v) is 5.59. The molecule has 1 aliphatic carbocycles. The summed E-state index contributed by atoms with van der Waals surface area (Å²) < 4.78 is 0. The summed E-state index contributed by atoms with van der Waals surface area (Å²) in [6, 6.07) is 16.1. The second kappa shape index (κ2) is 4.59. The van der Waals surface area contributed by atoms with E-state index in [1.165, 1.54) is 39.9 Å². The van der Waals surface area contributed by atoms with Gasteiger partial charge in [0.25, 0.3) is 0 Å². The molecule has 0 N–H and O–H groups in total. The Hall–Kier alpha value is -1.82. The van der Waals surface area contributed by atoms with E-state index in [2.05, 4.69) is 63.2 Å². The Balaban J connectivity index is 2.12. The quantitative estimate of drug-likeness (QED) is 0.442. The van der Waals surface area contributed by atoms with Crippen LogP contribution in [-0.2, 0) is 6.42 Å². The highest BCUT2D eigenvalue weighted by Crippen LogP contribution is 2.41. The molecule has 0 spiro atoms. The van der Waals surface area contributed by atoms with E-state index < -0.39 is 0 Å². The summed E-state index contributed by atoms with van der Waals surface area (Å²) in [4.78, 5) is 0. The summed E-state index contributed by atoms with van der Waals surface area (Å²) in [6.07, 6.45) is 2.56. The molecule has 0 radical (unpaired) electrons. The highest BCUT2D eigenvalue weighted by atomic mass is 14.3. The number of rotatable bonds is 0. The summed E-state index contributed by atoms with van der Waals surface area (Å²) in [7, 11) is 0. The molecule has 0 heteroatoms. The van der Waals surface area contributed by atoms with Crippen LogP contribution in [0.2, 0.25) is 0 Å². The summed E-state index contributed by atoms with van der Waals surface area (Å²) in [5.74, 6) is 1.45. The van der Waals surface area contributed by atoms with E-state index in [0.717, 1.165) is 5.92 Å². The van der Waals surface area contributed by atoms with Gasteiger partial charge >= 0.3 is 0 Å². The van der Waals surface area contributed by atoms with Gasteiger partial charge in [-0.2, -0.15) is 0 Å². The Morgan fingerprint density at radius 2 is 1.52 bits per heavy atom. The van der Waals surface area contributed by atoms with Gasteiger partial charge in [-0.05, 0) is 69.8 Å². The van der Waals surface area contributed by atoms with Crippen LogP contribution in [0.3, 0.4) is 0 Å². The van der Waals surface area contributed by atoms with Crippen LogP contribution in [0.5, 0.6) is 0 Å². The van der Waals surface area contributed by atoms with Crippen molar-refractivity contribution in [1.29, 1.82) is 0 Å². The fourth-order valence-electron chi connectivity index (χ4n) is 4.07. The maximum absolute atomic E-state index is 2.41. The topological polar surface area (TPSA) is 0 Å². The van der Waals surface area contributed by atoms with Crippen molar-refractivity contribution < 1.29 is 0 Å². The number of aryl methyl sites for hydroxylation is 2. The Kier molecular flexibility index (Phi) is 2.82. The third-order valence-electron chi connectivity index (χ3n) is 5.59. The van der Waals surface area contributed by atoms with Gasteiger partial charge in [0, 0.05) is 0 Å². The van der Waals surface area contributed by atoms with Gasteiger partial charge in [0.1, 0.15) is 0 Å². The van der Waals surface area contributed by atoms with E-state index in [1.54, 1.807) is 11.1 Å². The van der Waals surface area contributed by atoms with Crippen LogP contribution in [0.25, 0.3) is 21.5 Å². The molecule has 106 valence electrons. The first kappa shape index (κ1) is 12.9. The smallest absolute Gasteiger partial charge is 0.0102 e. The minimum Gasteiger partial charge on any atom is -0.0619 e. The first-order valence-corrected chi connectivity index (χ1v) is 8.10. The van der Waals surface area contributed by atoms with Crippen LogP contribution < -0.4 is 0 Å². The fraction of sp³-hybridized carbons (Fsp3) is 0.333. The van der Waals surface area contributed by atoms with Crippen LogP contribution in [-0.4, -0.2) is 0 Å². The Morgan fingerprint density at radius 3 is 2.38 bits per heavy atom. The van der Waals surface area contributed by atoms with Gasteiger partial charge in [-0.15, -0.1) is 0 Å². The molecule has 0 saturated carbocycles. The van der Waals surface area contributed by atoms with Gasteiger partial charge in [-0.25, -0.2) is 0 Å².